The molecule has 0 aliphatic carbocycles. The van der Waals surface area contributed by atoms with Crippen molar-refractivity contribution < 1.29 is 27.8 Å². The first kappa shape index (κ1) is 18.1. The first-order valence-electron chi connectivity index (χ1n) is 6.87. The maximum absolute atomic E-state index is 12.6. The number of ether oxygens (including phenoxy) is 1. The van der Waals surface area contributed by atoms with E-state index in [4.69, 9.17) is 21.4 Å². The number of alkyl halides is 3. The minimum absolute atomic E-state index is 0.00790. The number of aliphatic carboxylic acids is 1. The molecule has 1 atom stereocenters. The highest BCUT2D eigenvalue weighted by Gasteiger charge is 2.31. The number of halogens is 4. The molecule has 1 unspecified atom stereocenters. The van der Waals surface area contributed by atoms with Crippen LogP contribution >= 0.6 is 11.6 Å². The van der Waals surface area contributed by atoms with Gasteiger partial charge in [0.15, 0.2) is 0 Å². The van der Waals surface area contributed by atoms with Gasteiger partial charge >= 0.3 is 12.1 Å². The molecule has 0 saturated heterocycles. The van der Waals surface area contributed by atoms with Gasteiger partial charge in [0.05, 0.1) is 22.2 Å². The van der Waals surface area contributed by atoms with Gasteiger partial charge in [-0.2, -0.15) is 13.2 Å². The Kier molecular flexibility index (Phi) is 5.33. The summed E-state index contributed by atoms with van der Waals surface area (Å²) in [6.07, 6.45) is -3.78. The molecule has 1 heterocycles. The molecule has 1 N–H and O–H groups in total. The lowest BCUT2D eigenvalue weighted by Crippen LogP contribution is -2.17. The minimum Gasteiger partial charge on any atom is -0.493 e. The molecule has 8 heteroatoms. The average Bonchev–Trinajstić information content (AvgIpc) is 2.52. The molecule has 0 saturated carbocycles. The number of benzene rings is 1. The largest absolute Gasteiger partial charge is 0.493 e. The summed E-state index contributed by atoms with van der Waals surface area (Å²) >= 11 is 5.89. The van der Waals surface area contributed by atoms with E-state index in [0.29, 0.717) is 11.3 Å². The number of hydrogen-bond donors (Lipinski definition) is 1. The molecule has 24 heavy (non-hydrogen) atoms. The Hall–Kier alpha value is -2.28. The van der Waals surface area contributed by atoms with Gasteiger partial charge < -0.3 is 9.84 Å². The zero-order chi connectivity index (χ0) is 17.9. The van der Waals surface area contributed by atoms with Gasteiger partial charge in [-0.25, -0.2) is 0 Å². The summed E-state index contributed by atoms with van der Waals surface area (Å²) in [5.74, 6) is -1.18. The van der Waals surface area contributed by atoms with Crippen molar-refractivity contribution in [2.75, 3.05) is 6.61 Å². The third kappa shape index (κ3) is 4.38. The predicted molar refractivity (Wildman–Crippen MR) is 82.0 cm³/mol. The topological polar surface area (TPSA) is 59.4 Å². The van der Waals surface area contributed by atoms with Crippen LogP contribution in [-0.4, -0.2) is 22.7 Å². The van der Waals surface area contributed by atoms with Crippen molar-refractivity contribution in [3.05, 3.63) is 47.1 Å². The van der Waals surface area contributed by atoms with Crippen molar-refractivity contribution in [2.45, 2.75) is 13.1 Å². The number of nitrogens with zero attached hydrogens (tertiary/aromatic N) is 1. The van der Waals surface area contributed by atoms with Crippen LogP contribution in [0.1, 0.15) is 12.5 Å². The summed E-state index contributed by atoms with van der Waals surface area (Å²) in [5.41, 5.74) is -0.179. The third-order valence-electron chi connectivity index (χ3n) is 3.22. The van der Waals surface area contributed by atoms with Gasteiger partial charge in [-0.3, -0.25) is 9.78 Å². The Bertz CT molecular complexity index is 732. The number of aromatic nitrogens is 1. The molecular formula is C16H13ClF3NO3. The maximum Gasteiger partial charge on any atom is 0.417 e. The van der Waals surface area contributed by atoms with Crippen LogP contribution in [0.25, 0.3) is 11.3 Å². The summed E-state index contributed by atoms with van der Waals surface area (Å²) in [6, 6.07) is 7.13. The van der Waals surface area contributed by atoms with E-state index in [9.17, 15) is 18.0 Å². The van der Waals surface area contributed by atoms with Crippen LogP contribution in [0.3, 0.4) is 0 Å². The fourth-order valence-electron chi connectivity index (χ4n) is 1.81. The number of pyridine rings is 1. The Morgan fingerprint density at radius 1 is 1.33 bits per heavy atom. The number of rotatable bonds is 5. The number of hydrogen-bond acceptors (Lipinski definition) is 3. The molecule has 128 valence electrons. The standard InChI is InChI=1S/C16H13ClF3NO3/c1-9(15(22)23)8-24-12-4-2-10(3-5-12)14-13(17)6-11(7-21-14)16(18,19)20/h2-7,9H,8H2,1H3,(H,22,23). The van der Waals surface area contributed by atoms with E-state index in [0.717, 1.165) is 12.3 Å². The number of carboxylic acid groups (broad SMARTS) is 1. The quantitative estimate of drug-likeness (QED) is 0.852. The zero-order valence-corrected chi connectivity index (χ0v) is 13.2. The van der Waals surface area contributed by atoms with Gasteiger partial charge in [0.2, 0.25) is 0 Å². The van der Waals surface area contributed by atoms with Crippen molar-refractivity contribution in [3.63, 3.8) is 0 Å². The van der Waals surface area contributed by atoms with Gasteiger partial charge in [-0.1, -0.05) is 11.6 Å². The second kappa shape index (κ2) is 7.09. The maximum atomic E-state index is 12.6. The summed E-state index contributed by atoms with van der Waals surface area (Å²) < 4.78 is 43.1. The van der Waals surface area contributed by atoms with Crippen molar-refractivity contribution in [2.24, 2.45) is 5.92 Å². The fourth-order valence-corrected chi connectivity index (χ4v) is 2.08. The van der Waals surface area contributed by atoms with Crippen molar-refractivity contribution in [1.82, 2.24) is 4.98 Å². The molecule has 2 rings (SSSR count). The lowest BCUT2D eigenvalue weighted by Gasteiger charge is -2.11. The van der Waals surface area contributed by atoms with E-state index >= 15 is 0 Å². The van der Waals surface area contributed by atoms with E-state index in [-0.39, 0.29) is 17.3 Å². The van der Waals surface area contributed by atoms with Gasteiger partial charge in [0.25, 0.3) is 0 Å². The molecule has 0 spiro atoms. The smallest absolute Gasteiger partial charge is 0.417 e. The number of carboxylic acids is 1. The minimum atomic E-state index is -4.51. The Morgan fingerprint density at radius 2 is 1.96 bits per heavy atom. The third-order valence-corrected chi connectivity index (χ3v) is 3.51. The van der Waals surface area contributed by atoms with Gasteiger partial charge in [-0.05, 0) is 37.3 Å². The van der Waals surface area contributed by atoms with E-state index < -0.39 is 23.6 Å². The van der Waals surface area contributed by atoms with Gasteiger partial charge in [0.1, 0.15) is 12.4 Å². The van der Waals surface area contributed by atoms with Crippen LogP contribution in [0, 0.1) is 5.92 Å². The molecule has 4 nitrogen and oxygen atoms in total. The molecule has 0 aliphatic rings. The Balaban J connectivity index is 2.15. The molecule has 0 bridgehead atoms. The highest BCUT2D eigenvalue weighted by Crippen LogP contribution is 2.34. The van der Waals surface area contributed by atoms with Crippen LogP contribution in [-0.2, 0) is 11.0 Å². The summed E-state index contributed by atoms with van der Waals surface area (Å²) in [7, 11) is 0. The molecule has 0 fully saturated rings. The SMILES string of the molecule is CC(COc1ccc(-c2ncc(C(F)(F)F)cc2Cl)cc1)C(=O)O. The van der Waals surface area contributed by atoms with Crippen molar-refractivity contribution in [3.8, 4) is 17.0 Å². The first-order chi connectivity index (χ1) is 11.2. The van der Waals surface area contributed by atoms with Gasteiger partial charge in [-0.15, -0.1) is 0 Å². The molecule has 1 aromatic carbocycles. The van der Waals surface area contributed by atoms with Crippen LogP contribution in [0.4, 0.5) is 13.2 Å². The molecular weight excluding hydrogens is 347 g/mol. The summed E-state index contributed by atoms with van der Waals surface area (Å²) in [5, 5.41) is 8.67. The van der Waals surface area contributed by atoms with Crippen molar-refractivity contribution >= 4 is 17.6 Å². The normalized spacial score (nSPS) is 12.7. The van der Waals surface area contributed by atoms with Crippen LogP contribution in [0.15, 0.2) is 36.5 Å². The molecule has 0 radical (unpaired) electrons. The monoisotopic (exact) mass is 359 g/mol. The summed E-state index contributed by atoms with van der Waals surface area (Å²) in [6.45, 7) is 1.52. The Labute approximate surface area is 140 Å². The summed E-state index contributed by atoms with van der Waals surface area (Å²) in [4.78, 5) is 14.5. The van der Waals surface area contributed by atoms with Crippen LogP contribution in [0.5, 0.6) is 5.75 Å². The van der Waals surface area contributed by atoms with Crippen LogP contribution < -0.4 is 4.74 Å². The van der Waals surface area contributed by atoms with Gasteiger partial charge in [0, 0.05) is 11.8 Å². The van der Waals surface area contributed by atoms with Crippen molar-refractivity contribution in [1.29, 1.82) is 0 Å². The average molecular weight is 360 g/mol. The van der Waals surface area contributed by atoms with E-state index in [1.807, 2.05) is 0 Å². The van der Waals surface area contributed by atoms with Crippen LogP contribution in [0.2, 0.25) is 5.02 Å². The Morgan fingerprint density at radius 3 is 2.46 bits per heavy atom. The highest BCUT2D eigenvalue weighted by molar-refractivity contribution is 6.33. The predicted octanol–water partition coefficient (Wildman–Crippen LogP) is 4.52. The number of carbonyl (C=O) groups is 1. The first-order valence-corrected chi connectivity index (χ1v) is 7.25. The lowest BCUT2D eigenvalue weighted by molar-refractivity contribution is -0.142. The zero-order valence-electron chi connectivity index (χ0n) is 12.5. The van der Waals surface area contributed by atoms with E-state index in [2.05, 4.69) is 4.98 Å². The lowest BCUT2D eigenvalue weighted by atomic mass is 10.1. The molecule has 0 amide bonds. The second-order valence-corrected chi connectivity index (χ2v) is 5.53. The molecule has 2 aromatic rings. The van der Waals surface area contributed by atoms with E-state index in [1.165, 1.54) is 6.92 Å². The molecule has 0 aliphatic heterocycles. The second-order valence-electron chi connectivity index (χ2n) is 5.13. The fraction of sp³-hybridized carbons (Fsp3) is 0.250. The highest BCUT2D eigenvalue weighted by atomic mass is 35.5. The van der Waals surface area contributed by atoms with E-state index in [1.54, 1.807) is 24.3 Å². The molecule has 1 aromatic heterocycles.